The van der Waals surface area contributed by atoms with E-state index >= 15 is 0 Å². The molecule has 0 bridgehead atoms. The van der Waals surface area contributed by atoms with Crippen molar-refractivity contribution in [3.63, 3.8) is 0 Å². The third-order valence-electron chi connectivity index (χ3n) is 6.88. The molecule has 5 atom stereocenters. The lowest BCUT2D eigenvalue weighted by Gasteiger charge is -2.38. The molecule has 0 aliphatic carbocycles. The molecule has 0 radical (unpaired) electrons. The zero-order chi connectivity index (χ0) is 38.2. The van der Waals surface area contributed by atoms with Crippen molar-refractivity contribution in [1.29, 1.82) is 0 Å². The summed E-state index contributed by atoms with van der Waals surface area (Å²) in [6.07, 6.45) is -8.34. The normalized spacial score (nSPS) is 19.5. The third kappa shape index (κ3) is 14.7. The Morgan fingerprint density at radius 2 is 1.20 bits per heavy atom. The van der Waals surface area contributed by atoms with E-state index in [1.807, 2.05) is 0 Å². The number of hydrogen-bond acceptors (Lipinski definition) is 13. The Morgan fingerprint density at radius 3 is 1.67 bits per heavy atom. The summed E-state index contributed by atoms with van der Waals surface area (Å²) >= 11 is 0. The molecule has 2 aromatic carbocycles. The van der Waals surface area contributed by atoms with Gasteiger partial charge in [-0.1, -0.05) is 52.0 Å². The third-order valence-corrected chi connectivity index (χ3v) is 6.88. The molecule has 0 aromatic heterocycles. The summed E-state index contributed by atoms with van der Waals surface area (Å²) in [7, 11) is 0. The van der Waals surface area contributed by atoms with Crippen LogP contribution in [0, 0.1) is 11.8 Å². The average molecular weight is 720 g/mol. The minimum Gasteiger partial charge on any atom is -0.479 e. The summed E-state index contributed by atoms with van der Waals surface area (Å²) in [5, 5.41) is 45.6. The maximum atomic E-state index is 11.7. The Morgan fingerprint density at radius 1 is 0.706 bits per heavy atom. The largest absolute Gasteiger partial charge is 0.479 e. The fourth-order valence-electron chi connectivity index (χ4n) is 3.93. The van der Waals surface area contributed by atoms with E-state index in [9.17, 15) is 44.1 Å². The van der Waals surface area contributed by atoms with E-state index in [0.717, 1.165) is 5.56 Å². The second-order valence-electron chi connectivity index (χ2n) is 12.0. The molecule has 1 heterocycles. The van der Waals surface area contributed by atoms with Gasteiger partial charge in [-0.25, -0.2) is 4.79 Å². The Balaban J connectivity index is 0.000000354. The summed E-state index contributed by atoms with van der Waals surface area (Å²) in [6.45, 7) is 8.16. The van der Waals surface area contributed by atoms with Crippen LogP contribution in [0.3, 0.4) is 0 Å². The van der Waals surface area contributed by atoms with Crippen molar-refractivity contribution in [2.24, 2.45) is 11.8 Å². The molecule has 51 heavy (non-hydrogen) atoms. The van der Waals surface area contributed by atoms with Gasteiger partial charge in [0, 0.05) is 12.6 Å². The molecule has 0 saturated carbocycles. The number of carboxylic acid groups (broad SMARTS) is 1. The van der Waals surface area contributed by atoms with Crippen molar-refractivity contribution < 1.29 is 68.1 Å². The van der Waals surface area contributed by atoms with E-state index < -0.39 is 48.5 Å². The van der Waals surface area contributed by atoms with Crippen LogP contribution in [0.25, 0.3) is 0 Å². The molecular weight excluding hydrogens is 674 g/mol. The zero-order valence-corrected chi connectivity index (χ0v) is 28.9. The predicted octanol–water partition coefficient (Wildman–Crippen LogP) is 0.233. The Labute approximate surface area is 294 Å². The summed E-state index contributed by atoms with van der Waals surface area (Å²) in [6, 6.07) is 13.1. The van der Waals surface area contributed by atoms with Crippen molar-refractivity contribution in [2.45, 2.75) is 78.5 Å². The van der Waals surface area contributed by atoms with E-state index in [4.69, 9.17) is 24.1 Å². The minimum absolute atomic E-state index is 0.0891. The van der Waals surface area contributed by atoms with Gasteiger partial charge in [0.15, 0.2) is 6.10 Å². The van der Waals surface area contributed by atoms with Crippen LogP contribution in [0.5, 0.6) is 5.75 Å². The maximum absolute atomic E-state index is 11.7. The summed E-state index contributed by atoms with van der Waals surface area (Å²) in [5.74, 6) is -3.42. The summed E-state index contributed by atoms with van der Waals surface area (Å²) < 4.78 is 20.6. The highest BCUT2D eigenvalue weighted by molar-refractivity contribution is 5.95. The lowest BCUT2D eigenvalue weighted by Crippen LogP contribution is -2.61. The number of nitrogens with one attached hydrogen (secondary N) is 3. The zero-order valence-electron chi connectivity index (χ0n) is 28.9. The van der Waals surface area contributed by atoms with Crippen molar-refractivity contribution in [1.82, 2.24) is 10.6 Å². The number of anilines is 1. The van der Waals surface area contributed by atoms with Crippen LogP contribution in [0.1, 0.15) is 45.7 Å². The number of benzene rings is 2. The van der Waals surface area contributed by atoms with Crippen molar-refractivity contribution in [3.8, 4) is 5.75 Å². The number of hydrogen-bond donors (Lipinski definition) is 7. The van der Waals surface area contributed by atoms with Crippen LogP contribution in [-0.4, -0.2) is 99.9 Å². The van der Waals surface area contributed by atoms with E-state index in [1.165, 1.54) is 19.1 Å². The Kier molecular flexibility index (Phi) is 16.9. The topological polar surface area (TPSA) is 256 Å². The quantitative estimate of drug-likeness (QED) is 0.129. The Hall–Kier alpha value is -5.10. The number of esters is 2. The van der Waals surface area contributed by atoms with Crippen molar-refractivity contribution >= 4 is 41.3 Å². The predicted molar refractivity (Wildman–Crippen MR) is 177 cm³/mol. The van der Waals surface area contributed by atoms with Gasteiger partial charge in [0.2, 0.25) is 24.0 Å². The lowest BCUT2D eigenvalue weighted by atomic mass is 9.99. The fourth-order valence-corrected chi connectivity index (χ4v) is 3.93. The molecular formula is C34H45N3O14. The number of carboxylic acids is 1. The van der Waals surface area contributed by atoms with E-state index in [1.54, 1.807) is 64.1 Å². The number of aliphatic hydroxyl groups excluding tert-OH is 3. The van der Waals surface area contributed by atoms with E-state index in [2.05, 4.69) is 16.0 Å². The molecule has 280 valence electrons. The molecule has 1 aliphatic rings. The second kappa shape index (κ2) is 20.5. The highest BCUT2D eigenvalue weighted by Gasteiger charge is 2.48. The highest BCUT2D eigenvalue weighted by Crippen LogP contribution is 2.25. The summed E-state index contributed by atoms with van der Waals surface area (Å²) in [4.78, 5) is 67.7. The number of amides is 3. The standard InChI is InChI=1S/C17H23N3O5.C17H22O9/c1-11(2)17(24)25-10-13-4-6-14(7-5-13)20-16(23)9-19-15(22)8-18-12(3)21;1-8(2)16(23)24-7-9-3-5-10(6-4-9)25-17-13(20)11(18)12(19)14(26-17)15(21)22/h4-7,11H,8-10H2,1-3H3,(H,18,21)(H,19,22)(H,20,23);3-6,8,11-14,17-20H,7H2,1-2H3,(H,21,22)/t;11-,12-,13+,14-,17+/m.0/s1. The molecule has 17 nitrogen and oxygen atoms in total. The van der Waals surface area contributed by atoms with Crippen LogP contribution in [0.15, 0.2) is 48.5 Å². The number of rotatable bonds is 14. The fraction of sp³-hybridized carbons (Fsp3) is 0.471. The molecule has 3 rings (SSSR count). The smallest absolute Gasteiger partial charge is 0.335 e. The van der Waals surface area contributed by atoms with E-state index in [-0.39, 0.29) is 61.7 Å². The van der Waals surface area contributed by atoms with Crippen molar-refractivity contribution in [3.05, 3.63) is 59.7 Å². The van der Waals surface area contributed by atoms with Crippen LogP contribution >= 0.6 is 0 Å². The molecule has 7 N–H and O–H groups in total. The number of carbonyl (C=O) groups excluding carboxylic acids is 5. The van der Waals surface area contributed by atoms with Gasteiger partial charge in [-0.2, -0.15) is 0 Å². The van der Waals surface area contributed by atoms with Crippen LogP contribution in [-0.2, 0) is 56.2 Å². The molecule has 1 saturated heterocycles. The average Bonchev–Trinajstić information content (AvgIpc) is 3.09. The Bertz CT molecular complexity index is 1480. The molecule has 17 heteroatoms. The summed E-state index contributed by atoms with van der Waals surface area (Å²) in [5.41, 5.74) is 2.06. The molecule has 2 aromatic rings. The molecule has 3 amide bonds. The van der Waals surface area contributed by atoms with Gasteiger partial charge in [-0.05, 0) is 35.4 Å². The molecule has 1 fully saturated rings. The van der Waals surface area contributed by atoms with Gasteiger partial charge in [0.1, 0.15) is 37.3 Å². The molecule has 0 spiro atoms. The number of aliphatic carboxylic acids is 1. The van der Waals surface area contributed by atoms with Gasteiger partial charge in [-0.3, -0.25) is 24.0 Å². The second-order valence-corrected chi connectivity index (χ2v) is 12.0. The number of carbonyl (C=O) groups is 6. The van der Waals surface area contributed by atoms with Gasteiger partial charge in [0.25, 0.3) is 0 Å². The maximum Gasteiger partial charge on any atom is 0.335 e. The number of aliphatic hydroxyl groups is 3. The van der Waals surface area contributed by atoms with Gasteiger partial charge in [-0.15, -0.1) is 0 Å². The SMILES string of the molecule is CC(=O)NCC(=O)NCC(=O)Nc1ccc(COC(=O)C(C)C)cc1.CC(C)C(=O)OCc1ccc(O[C@@H]2O[C@H](C(=O)O)[C@@H](O)[C@H](O)[C@H]2O)cc1. The monoisotopic (exact) mass is 719 g/mol. The van der Waals surface area contributed by atoms with Crippen LogP contribution < -0.4 is 20.7 Å². The van der Waals surface area contributed by atoms with Gasteiger partial charge >= 0.3 is 17.9 Å². The van der Waals surface area contributed by atoms with Crippen LogP contribution in [0.4, 0.5) is 5.69 Å². The first-order valence-corrected chi connectivity index (χ1v) is 15.9. The minimum atomic E-state index is -1.78. The van der Waals surface area contributed by atoms with Crippen LogP contribution in [0.2, 0.25) is 0 Å². The van der Waals surface area contributed by atoms with Gasteiger partial charge in [0.05, 0.1) is 24.9 Å². The highest BCUT2D eigenvalue weighted by atomic mass is 16.7. The number of ether oxygens (including phenoxy) is 4. The van der Waals surface area contributed by atoms with Gasteiger partial charge < -0.3 is 55.3 Å². The first-order chi connectivity index (χ1) is 24.0. The molecule has 0 unspecified atom stereocenters. The molecule has 1 aliphatic heterocycles. The lowest BCUT2D eigenvalue weighted by molar-refractivity contribution is -0.271. The first-order valence-electron chi connectivity index (χ1n) is 15.9. The van der Waals surface area contributed by atoms with E-state index in [0.29, 0.717) is 11.3 Å². The first kappa shape index (κ1) is 42.1. The van der Waals surface area contributed by atoms with Crippen molar-refractivity contribution in [2.75, 3.05) is 18.4 Å².